The minimum absolute atomic E-state index is 0.464. The molecule has 0 aromatic heterocycles. The molecule has 2 N–H and O–H groups in total. The molecule has 1 fully saturated rings. The van der Waals surface area contributed by atoms with Crippen molar-refractivity contribution >= 4 is 0 Å². The van der Waals surface area contributed by atoms with Crippen LogP contribution >= 0.6 is 0 Å². The summed E-state index contributed by atoms with van der Waals surface area (Å²) >= 11 is 0. The number of methoxy groups -OCH3 is 1. The van der Waals surface area contributed by atoms with Crippen LogP contribution in [-0.2, 0) is 4.74 Å². The van der Waals surface area contributed by atoms with E-state index in [0.29, 0.717) is 12.1 Å². The number of rotatable bonds is 6. The predicted molar refractivity (Wildman–Crippen MR) is 68.5 cm³/mol. The molecule has 3 heteroatoms. The Kier molecular flexibility index (Phi) is 6.32. The first-order chi connectivity index (χ1) is 7.67. The average Bonchev–Trinajstić information content (AvgIpc) is 2.28. The number of nitrogens with two attached hydrogens (primary N) is 1. The van der Waals surface area contributed by atoms with E-state index in [-0.39, 0.29) is 0 Å². The van der Waals surface area contributed by atoms with Crippen molar-refractivity contribution < 1.29 is 4.74 Å². The van der Waals surface area contributed by atoms with Gasteiger partial charge in [0.2, 0.25) is 0 Å². The first kappa shape index (κ1) is 13.9. The third-order valence-electron chi connectivity index (χ3n) is 3.46. The zero-order valence-corrected chi connectivity index (χ0v) is 11.1. The Hall–Kier alpha value is -0.120. The molecule has 3 nitrogen and oxygen atoms in total. The first-order valence-electron chi connectivity index (χ1n) is 6.64. The van der Waals surface area contributed by atoms with E-state index in [9.17, 15) is 0 Å². The van der Waals surface area contributed by atoms with E-state index in [4.69, 9.17) is 10.5 Å². The summed E-state index contributed by atoms with van der Waals surface area (Å²) < 4.78 is 5.50. The molecule has 16 heavy (non-hydrogen) atoms. The maximum atomic E-state index is 5.71. The Balaban J connectivity index is 2.48. The van der Waals surface area contributed by atoms with Crippen molar-refractivity contribution in [3.8, 4) is 0 Å². The Morgan fingerprint density at radius 1 is 1.38 bits per heavy atom. The quantitative estimate of drug-likeness (QED) is 0.754. The van der Waals surface area contributed by atoms with Crippen molar-refractivity contribution in [3.05, 3.63) is 0 Å². The summed E-state index contributed by atoms with van der Waals surface area (Å²) in [6, 6.07) is 0.685. The molecule has 1 aliphatic carbocycles. The molecule has 0 bridgehead atoms. The molecule has 0 spiro atoms. The minimum atomic E-state index is 0.464. The van der Waals surface area contributed by atoms with E-state index in [2.05, 4.69) is 18.7 Å². The van der Waals surface area contributed by atoms with Crippen LogP contribution in [0, 0.1) is 5.92 Å². The fraction of sp³-hybridized carbons (Fsp3) is 1.00. The monoisotopic (exact) mass is 228 g/mol. The summed E-state index contributed by atoms with van der Waals surface area (Å²) in [7, 11) is 1.84. The van der Waals surface area contributed by atoms with Crippen molar-refractivity contribution in [3.63, 3.8) is 0 Å². The highest BCUT2D eigenvalue weighted by Gasteiger charge is 2.26. The van der Waals surface area contributed by atoms with Gasteiger partial charge in [0.1, 0.15) is 0 Å². The third-order valence-corrected chi connectivity index (χ3v) is 3.46. The SMILES string of the molecule is COC1CCCC(N(CCN)CC(C)C)C1. The van der Waals surface area contributed by atoms with Crippen LogP contribution < -0.4 is 5.73 Å². The molecule has 0 aromatic rings. The van der Waals surface area contributed by atoms with Crippen LogP contribution in [0.25, 0.3) is 0 Å². The zero-order chi connectivity index (χ0) is 12.0. The van der Waals surface area contributed by atoms with Crippen LogP contribution in [0.2, 0.25) is 0 Å². The van der Waals surface area contributed by atoms with Gasteiger partial charge < -0.3 is 10.5 Å². The van der Waals surface area contributed by atoms with Gasteiger partial charge in [-0.2, -0.15) is 0 Å². The average molecular weight is 228 g/mol. The fourth-order valence-corrected chi connectivity index (χ4v) is 2.72. The summed E-state index contributed by atoms with van der Waals surface area (Å²) in [5.41, 5.74) is 5.71. The topological polar surface area (TPSA) is 38.5 Å². The van der Waals surface area contributed by atoms with Crippen molar-refractivity contribution in [2.75, 3.05) is 26.7 Å². The zero-order valence-electron chi connectivity index (χ0n) is 11.1. The van der Waals surface area contributed by atoms with E-state index >= 15 is 0 Å². The van der Waals surface area contributed by atoms with Crippen LogP contribution in [-0.4, -0.2) is 43.8 Å². The standard InChI is InChI=1S/C13H28N2O/c1-11(2)10-15(8-7-14)12-5-4-6-13(9-12)16-3/h11-13H,4-10,14H2,1-3H3. The van der Waals surface area contributed by atoms with Gasteiger partial charge in [-0.15, -0.1) is 0 Å². The van der Waals surface area contributed by atoms with Crippen LogP contribution in [0.15, 0.2) is 0 Å². The number of ether oxygens (including phenoxy) is 1. The number of hydrogen-bond donors (Lipinski definition) is 1. The molecule has 2 unspecified atom stereocenters. The molecule has 96 valence electrons. The molecule has 0 saturated heterocycles. The predicted octanol–water partition coefficient (Wildman–Crippen LogP) is 1.86. The smallest absolute Gasteiger partial charge is 0.0586 e. The Labute approximate surface area is 100 Å². The van der Waals surface area contributed by atoms with Gasteiger partial charge in [0.25, 0.3) is 0 Å². The van der Waals surface area contributed by atoms with E-state index in [1.807, 2.05) is 7.11 Å². The lowest BCUT2D eigenvalue weighted by molar-refractivity contribution is 0.0256. The van der Waals surface area contributed by atoms with E-state index in [1.165, 1.54) is 25.7 Å². The van der Waals surface area contributed by atoms with Gasteiger partial charge in [-0.05, 0) is 31.6 Å². The van der Waals surface area contributed by atoms with Gasteiger partial charge >= 0.3 is 0 Å². The van der Waals surface area contributed by atoms with Crippen molar-refractivity contribution in [1.29, 1.82) is 0 Å². The lowest BCUT2D eigenvalue weighted by Crippen LogP contribution is -2.44. The third kappa shape index (κ3) is 4.40. The molecular formula is C13H28N2O. The van der Waals surface area contributed by atoms with Crippen molar-refractivity contribution in [2.45, 2.75) is 51.7 Å². The van der Waals surface area contributed by atoms with Crippen LogP contribution in [0.1, 0.15) is 39.5 Å². The lowest BCUT2D eigenvalue weighted by atomic mass is 9.91. The molecule has 0 radical (unpaired) electrons. The first-order valence-corrected chi connectivity index (χ1v) is 6.64. The molecule has 0 aliphatic heterocycles. The van der Waals surface area contributed by atoms with E-state index in [1.54, 1.807) is 0 Å². The summed E-state index contributed by atoms with van der Waals surface area (Å²) in [4.78, 5) is 2.57. The minimum Gasteiger partial charge on any atom is -0.381 e. The lowest BCUT2D eigenvalue weighted by Gasteiger charge is -2.37. The summed E-state index contributed by atoms with van der Waals surface area (Å²) in [6.45, 7) is 7.51. The second-order valence-corrected chi connectivity index (χ2v) is 5.36. The molecule has 1 rings (SSSR count). The Morgan fingerprint density at radius 2 is 2.12 bits per heavy atom. The van der Waals surface area contributed by atoms with E-state index < -0.39 is 0 Å². The second kappa shape index (κ2) is 7.25. The highest BCUT2D eigenvalue weighted by atomic mass is 16.5. The Morgan fingerprint density at radius 3 is 2.69 bits per heavy atom. The van der Waals surface area contributed by atoms with Crippen LogP contribution in [0.5, 0.6) is 0 Å². The van der Waals surface area contributed by atoms with E-state index in [0.717, 1.165) is 25.6 Å². The van der Waals surface area contributed by atoms with Crippen LogP contribution in [0.3, 0.4) is 0 Å². The van der Waals surface area contributed by atoms with Crippen molar-refractivity contribution in [2.24, 2.45) is 11.7 Å². The maximum absolute atomic E-state index is 5.71. The largest absolute Gasteiger partial charge is 0.381 e. The highest BCUT2D eigenvalue weighted by molar-refractivity contribution is 4.81. The van der Waals surface area contributed by atoms with Gasteiger partial charge in [-0.3, -0.25) is 4.90 Å². The summed E-state index contributed by atoms with van der Waals surface area (Å²) in [6.07, 6.45) is 5.48. The molecule has 0 aromatic carbocycles. The normalized spacial score (nSPS) is 26.6. The van der Waals surface area contributed by atoms with Gasteiger partial charge in [0, 0.05) is 32.8 Å². The van der Waals surface area contributed by atoms with Gasteiger partial charge in [-0.25, -0.2) is 0 Å². The molecular weight excluding hydrogens is 200 g/mol. The maximum Gasteiger partial charge on any atom is 0.0586 e. The molecule has 0 heterocycles. The molecule has 1 aliphatic rings. The summed E-state index contributed by atoms with van der Waals surface area (Å²) in [5.74, 6) is 0.717. The van der Waals surface area contributed by atoms with Crippen LogP contribution in [0.4, 0.5) is 0 Å². The van der Waals surface area contributed by atoms with Gasteiger partial charge in [0.15, 0.2) is 0 Å². The Bertz CT molecular complexity index is 185. The summed E-state index contributed by atoms with van der Waals surface area (Å²) in [5, 5.41) is 0. The number of nitrogens with zero attached hydrogens (tertiary/aromatic N) is 1. The molecule has 0 amide bonds. The van der Waals surface area contributed by atoms with Gasteiger partial charge in [0.05, 0.1) is 6.10 Å². The second-order valence-electron chi connectivity index (χ2n) is 5.36. The van der Waals surface area contributed by atoms with Crippen molar-refractivity contribution in [1.82, 2.24) is 4.90 Å². The highest BCUT2D eigenvalue weighted by Crippen LogP contribution is 2.25. The fourth-order valence-electron chi connectivity index (χ4n) is 2.72. The van der Waals surface area contributed by atoms with Gasteiger partial charge in [-0.1, -0.05) is 13.8 Å². The number of hydrogen-bond acceptors (Lipinski definition) is 3. The molecule has 1 saturated carbocycles. The molecule has 2 atom stereocenters.